The number of nitrogens with zero attached hydrogens (tertiary/aromatic N) is 4. The van der Waals surface area contributed by atoms with E-state index in [0.717, 1.165) is 12.5 Å². The molecule has 0 aromatic carbocycles. The molecular weight excluding hydrogens is 496 g/mol. The molecule has 37 heavy (non-hydrogen) atoms. The SMILES string of the molecule is CC(C)COc1cnn(-c2ccc(C(=O)NS(=O)(=O)c3ccc[nH]c3=O)c(N3C[C@@H](C)CC3(C)C)n2)c1. The van der Waals surface area contributed by atoms with Crippen LogP contribution in [-0.2, 0) is 10.0 Å². The van der Waals surface area contributed by atoms with Gasteiger partial charge in [0, 0.05) is 18.3 Å². The van der Waals surface area contributed by atoms with Gasteiger partial charge in [0.25, 0.3) is 21.5 Å². The van der Waals surface area contributed by atoms with Gasteiger partial charge in [0.1, 0.15) is 5.82 Å². The predicted octanol–water partition coefficient (Wildman–Crippen LogP) is 2.73. The van der Waals surface area contributed by atoms with Crippen LogP contribution in [0.15, 0.2) is 52.5 Å². The quantitative estimate of drug-likeness (QED) is 0.455. The van der Waals surface area contributed by atoms with Gasteiger partial charge in [0.2, 0.25) is 0 Å². The van der Waals surface area contributed by atoms with Gasteiger partial charge in [-0.3, -0.25) is 9.59 Å². The molecule has 1 saturated heterocycles. The number of nitrogens with one attached hydrogen (secondary N) is 2. The number of carbonyl (C=O) groups excluding carboxylic acids is 1. The maximum atomic E-state index is 13.3. The normalized spacial score (nSPS) is 17.2. The van der Waals surface area contributed by atoms with Crippen molar-refractivity contribution >= 4 is 21.7 Å². The van der Waals surface area contributed by atoms with Gasteiger partial charge in [-0.15, -0.1) is 0 Å². The molecule has 3 aromatic heterocycles. The Morgan fingerprint density at radius 1 is 1.30 bits per heavy atom. The molecule has 1 atom stereocenters. The van der Waals surface area contributed by atoms with Gasteiger partial charge in [-0.25, -0.2) is 22.8 Å². The molecule has 4 rings (SSSR count). The molecule has 0 unspecified atom stereocenters. The summed E-state index contributed by atoms with van der Waals surface area (Å²) in [5, 5.41) is 4.34. The van der Waals surface area contributed by atoms with Crippen molar-refractivity contribution in [2.24, 2.45) is 11.8 Å². The minimum atomic E-state index is -4.41. The van der Waals surface area contributed by atoms with Gasteiger partial charge in [0.15, 0.2) is 16.5 Å². The molecule has 4 heterocycles. The summed E-state index contributed by atoms with van der Waals surface area (Å²) in [4.78, 5) is 33.9. The molecule has 0 bridgehead atoms. The second-order valence-corrected chi connectivity index (χ2v) is 12.0. The van der Waals surface area contributed by atoms with E-state index in [1.54, 1.807) is 23.1 Å². The monoisotopic (exact) mass is 528 g/mol. The topological polar surface area (TPSA) is 139 Å². The number of rotatable bonds is 8. The molecule has 1 fully saturated rings. The standard InChI is InChI=1S/C25H32N6O5S/c1-16(2)15-36-18-12-27-31(14-18)21-9-8-19(22(28-21)30-13-17(3)11-25(30,4)5)23(32)29-37(34,35)20-7-6-10-26-24(20)33/h6-10,12,14,16-17H,11,13,15H2,1-5H3,(H,26,33)(H,29,32)/t17-/m0/s1. The van der Waals surface area contributed by atoms with Crippen LogP contribution in [0.2, 0.25) is 0 Å². The van der Waals surface area contributed by atoms with Gasteiger partial charge in [-0.1, -0.05) is 20.8 Å². The first kappa shape index (κ1) is 26.4. The van der Waals surface area contributed by atoms with Gasteiger partial charge in [-0.2, -0.15) is 5.10 Å². The zero-order chi connectivity index (χ0) is 27.0. The number of hydrogen-bond donors (Lipinski definition) is 2. The van der Waals surface area contributed by atoms with E-state index in [9.17, 15) is 18.0 Å². The molecular formula is C25H32N6O5S. The van der Waals surface area contributed by atoms with E-state index in [2.05, 4.69) is 44.7 Å². The number of aromatic amines is 1. The molecule has 3 aromatic rings. The van der Waals surface area contributed by atoms with E-state index < -0.39 is 26.4 Å². The number of anilines is 1. The number of aromatic nitrogens is 4. The minimum Gasteiger partial charge on any atom is -0.490 e. The average molecular weight is 529 g/mol. The number of H-pyrrole nitrogens is 1. The lowest BCUT2D eigenvalue weighted by atomic mass is 9.97. The van der Waals surface area contributed by atoms with E-state index in [0.29, 0.717) is 42.4 Å². The van der Waals surface area contributed by atoms with Crippen molar-refractivity contribution in [3.05, 3.63) is 58.8 Å². The summed E-state index contributed by atoms with van der Waals surface area (Å²) >= 11 is 0. The summed E-state index contributed by atoms with van der Waals surface area (Å²) in [5.74, 6) is 1.18. The van der Waals surface area contributed by atoms with E-state index in [1.165, 1.54) is 18.3 Å². The summed E-state index contributed by atoms with van der Waals surface area (Å²) < 4.78 is 35.0. The number of amides is 1. The summed E-state index contributed by atoms with van der Waals surface area (Å²) in [7, 11) is -4.41. The lowest BCUT2D eigenvalue weighted by Gasteiger charge is -2.34. The van der Waals surface area contributed by atoms with Crippen molar-refractivity contribution in [2.75, 3.05) is 18.1 Å². The van der Waals surface area contributed by atoms with Gasteiger partial charge < -0.3 is 14.6 Å². The highest BCUT2D eigenvalue weighted by Gasteiger charge is 2.39. The molecule has 0 spiro atoms. The lowest BCUT2D eigenvalue weighted by Crippen LogP contribution is -2.41. The smallest absolute Gasteiger partial charge is 0.269 e. The third-order valence-electron chi connectivity index (χ3n) is 6.11. The van der Waals surface area contributed by atoms with Crippen LogP contribution in [0.25, 0.3) is 5.82 Å². The maximum Gasteiger partial charge on any atom is 0.269 e. The predicted molar refractivity (Wildman–Crippen MR) is 139 cm³/mol. The molecule has 1 amide bonds. The summed E-state index contributed by atoms with van der Waals surface area (Å²) in [6.07, 6.45) is 5.48. The largest absolute Gasteiger partial charge is 0.490 e. The van der Waals surface area contributed by atoms with Crippen LogP contribution in [-0.4, -0.2) is 52.8 Å². The summed E-state index contributed by atoms with van der Waals surface area (Å²) in [5.41, 5.74) is -1.07. The Kier molecular flexibility index (Phi) is 7.13. The second-order valence-electron chi connectivity index (χ2n) is 10.4. The maximum absolute atomic E-state index is 13.3. The Labute approximate surface area is 215 Å². The Morgan fingerprint density at radius 2 is 2.05 bits per heavy atom. The van der Waals surface area contributed by atoms with Crippen molar-refractivity contribution in [3.63, 3.8) is 0 Å². The number of pyridine rings is 2. The second kappa shape index (κ2) is 10.0. The van der Waals surface area contributed by atoms with Gasteiger partial charge >= 0.3 is 0 Å². The zero-order valence-electron chi connectivity index (χ0n) is 21.6. The fourth-order valence-electron chi connectivity index (χ4n) is 4.53. The van der Waals surface area contributed by atoms with Crippen LogP contribution in [0, 0.1) is 11.8 Å². The highest BCUT2D eigenvalue weighted by atomic mass is 32.2. The van der Waals surface area contributed by atoms with Crippen LogP contribution < -0.4 is 19.9 Å². The highest BCUT2D eigenvalue weighted by molar-refractivity contribution is 7.90. The number of ether oxygens (including phenoxy) is 1. The third kappa shape index (κ3) is 5.68. The molecule has 12 heteroatoms. The van der Waals surface area contributed by atoms with Crippen molar-refractivity contribution in [1.29, 1.82) is 0 Å². The summed E-state index contributed by atoms with van der Waals surface area (Å²) in [6, 6.07) is 5.62. The van der Waals surface area contributed by atoms with Crippen LogP contribution >= 0.6 is 0 Å². The van der Waals surface area contributed by atoms with Crippen molar-refractivity contribution in [3.8, 4) is 11.6 Å². The highest BCUT2D eigenvalue weighted by Crippen LogP contribution is 2.37. The van der Waals surface area contributed by atoms with Crippen molar-refractivity contribution < 1.29 is 17.9 Å². The zero-order valence-corrected chi connectivity index (χ0v) is 22.4. The molecule has 198 valence electrons. The van der Waals surface area contributed by atoms with E-state index >= 15 is 0 Å². The van der Waals surface area contributed by atoms with Crippen LogP contribution in [0.4, 0.5) is 5.82 Å². The van der Waals surface area contributed by atoms with Gasteiger partial charge in [-0.05, 0) is 56.4 Å². The lowest BCUT2D eigenvalue weighted by molar-refractivity contribution is 0.0981. The summed E-state index contributed by atoms with van der Waals surface area (Å²) in [6.45, 7) is 11.5. The Bertz CT molecular complexity index is 1460. The number of sulfonamides is 1. The fourth-order valence-corrected chi connectivity index (χ4v) is 5.55. The molecule has 0 radical (unpaired) electrons. The minimum absolute atomic E-state index is 0.0743. The Hall–Kier alpha value is -3.67. The van der Waals surface area contributed by atoms with Crippen LogP contribution in [0.3, 0.4) is 0 Å². The Morgan fingerprint density at radius 3 is 2.70 bits per heavy atom. The number of hydrogen-bond acceptors (Lipinski definition) is 8. The number of carbonyl (C=O) groups is 1. The molecule has 1 aliphatic heterocycles. The Balaban J connectivity index is 1.72. The molecule has 2 N–H and O–H groups in total. The molecule has 11 nitrogen and oxygen atoms in total. The fraction of sp³-hybridized carbons (Fsp3) is 0.440. The van der Waals surface area contributed by atoms with Gasteiger partial charge in [0.05, 0.1) is 24.6 Å². The first-order valence-electron chi connectivity index (χ1n) is 12.1. The van der Waals surface area contributed by atoms with Crippen LogP contribution in [0.5, 0.6) is 5.75 Å². The van der Waals surface area contributed by atoms with E-state index in [1.807, 2.05) is 9.62 Å². The first-order chi connectivity index (χ1) is 17.4. The first-order valence-corrected chi connectivity index (χ1v) is 13.6. The van der Waals surface area contributed by atoms with E-state index in [-0.39, 0.29) is 11.1 Å². The molecule has 1 aliphatic rings. The van der Waals surface area contributed by atoms with Crippen LogP contribution in [0.1, 0.15) is 51.4 Å². The van der Waals surface area contributed by atoms with E-state index in [4.69, 9.17) is 9.72 Å². The third-order valence-corrected chi connectivity index (χ3v) is 7.46. The average Bonchev–Trinajstić information content (AvgIpc) is 3.40. The van der Waals surface area contributed by atoms with Crippen molar-refractivity contribution in [2.45, 2.75) is 51.5 Å². The molecule has 0 saturated carbocycles. The molecule has 0 aliphatic carbocycles. The van der Waals surface area contributed by atoms with Crippen molar-refractivity contribution in [1.82, 2.24) is 24.5 Å².